The summed E-state index contributed by atoms with van der Waals surface area (Å²) in [6.45, 7) is 5.57. The second-order valence-electron chi connectivity index (χ2n) is 7.66. The zero-order valence-corrected chi connectivity index (χ0v) is 19.8. The molecule has 0 aliphatic carbocycles. The van der Waals surface area contributed by atoms with E-state index in [0.29, 0.717) is 29.5 Å². The van der Waals surface area contributed by atoms with Crippen molar-refractivity contribution >= 4 is 29.1 Å². The highest BCUT2D eigenvalue weighted by molar-refractivity contribution is 7.98. The van der Waals surface area contributed by atoms with Gasteiger partial charge in [-0.25, -0.2) is 0 Å². The Balaban J connectivity index is 1.62. The normalized spacial score (nSPS) is 15.8. The molecule has 1 saturated heterocycles. The molecular formula is C24H26ClN3O3S. The van der Waals surface area contributed by atoms with E-state index in [1.54, 1.807) is 24.8 Å². The van der Waals surface area contributed by atoms with Gasteiger partial charge >= 0.3 is 0 Å². The molecule has 1 aliphatic rings. The van der Waals surface area contributed by atoms with Gasteiger partial charge in [0.25, 0.3) is 0 Å². The fourth-order valence-electron chi connectivity index (χ4n) is 3.71. The van der Waals surface area contributed by atoms with E-state index in [0.717, 1.165) is 47.3 Å². The van der Waals surface area contributed by atoms with Crippen molar-refractivity contribution in [3.63, 3.8) is 0 Å². The molecule has 2 aromatic carbocycles. The Kier molecular flexibility index (Phi) is 7.50. The summed E-state index contributed by atoms with van der Waals surface area (Å²) in [6.07, 6.45) is 2.25. The van der Waals surface area contributed by atoms with Crippen LogP contribution in [0.2, 0.25) is 5.02 Å². The fraction of sp³-hybridized carbons (Fsp3) is 0.375. The summed E-state index contributed by atoms with van der Waals surface area (Å²) in [4.78, 5) is 11.9. The summed E-state index contributed by atoms with van der Waals surface area (Å²) in [6, 6.07) is 13.2. The standard InChI is InChI=1S/C24H26ClN3O3S/c1-3-30-22-11-8-18(16(2)29)13-19(22)15-32-24-27-26-23(17-6-9-20(25)10-7-17)28(24)14-21-5-4-12-31-21/h6-11,13,21H,3-5,12,14-15H2,1-2H3/t21-/m0/s1. The number of carbonyl (C=O) groups excluding carboxylic acids is 1. The van der Waals surface area contributed by atoms with E-state index < -0.39 is 0 Å². The highest BCUT2D eigenvalue weighted by Gasteiger charge is 2.22. The van der Waals surface area contributed by atoms with Crippen molar-refractivity contribution < 1.29 is 14.3 Å². The molecule has 6 nitrogen and oxygen atoms in total. The van der Waals surface area contributed by atoms with E-state index in [1.165, 1.54) is 0 Å². The van der Waals surface area contributed by atoms with Gasteiger partial charge in [0.2, 0.25) is 0 Å². The van der Waals surface area contributed by atoms with Crippen LogP contribution in [0.3, 0.4) is 0 Å². The molecule has 0 saturated carbocycles. The van der Waals surface area contributed by atoms with Crippen LogP contribution in [0.25, 0.3) is 11.4 Å². The Morgan fingerprint density at radius 2 is 2.06 bits per heavy atom. The highest BCUT2D eigenvalue weighted by atomic mass is 35.5. The first-order valence-corrected chi connectivity index (χ1v) is 12.1. The third kappa shape index (κ3) is 5.34. The zero-order chi connectivity index (χ0) is 22.5. The number of aromatic nitrogens is 3. The molecule has 1 fully saturated rings. The summed E-state index contributed by atoms with van der Waals surface area (Å²) in [5, 5.41) is 10.5. The van der Waals surface area contributed by atoms with Crippen molar-refractivity contribution in [1.82, 2.24) is 14.8 Å². The maximum Gasteiger partial charge on any atom is 0.191 e. The average Bonchev–Trinajstić information content (AvgIpc) is 3.44. The van der Waals surface area contributed by atoms with Gasteiger partial charge in [-0.1, -0.05) is 23.4 Å². The number of carbonyl (C=O) groups is 1. The number of rotatable bonds is 9. The van der Waals surface area contributed by atoms with Crippen LogP contribution < -0.4 is 4.74 Å². The largest absolute Gasteiger partial charge is 0.494 e. The first kappa shape index (κ1) is 22.8. The van der Waals surface area contributed by atoms with E-state index in [1.807, 2.05) is 43.3 Å². The monoisotopic (exact) mass is 471 g/mol. The molecule has 4 rings (SSSR count). The number of halogens is 1. The third-order valence-electron chi connectivity index (χ3n) is 5.35. The molecule has 1 aliphatic heterocycles. The topological polar surface area (TPSA) is 66.2 Å². The van der Waals surface area contributed by atoms with Crippen LogP contribution in [0.1, 0.15) is 42.6 Å². The van der Waals surface area contributed by atoms with E-state index in [-0.39, 0.29) is 11.9 Å². The summed E-state index contributed by atoms with van der Waals surface area (Å²) < 4.78 is 13.8. The number of Topliss-reactive ketones (excluding diaryl/α,β-unsaturated/α-hetero) is 1. The van der Waals surface area contributed by atoms with Gasteiger partial charge in [-0.3, -0.25) is 9.36 Å². The Hall–Kier alpha value is -2.35. The number of hydrogen-bond donors (Lipinski definition) is 0. The third-order valence-corrected chi connectivity index (χ3v) is 6.62. The first-order chi connectivity index (χ1) is 15.5. The molecule has 1 atom stereocenters. The van der Waals surface area contributed by atoms with Gasteiger partial charge in [-0.2, -0.15) is 0 Å². The highest BCUT2D eigenvalue weighted by Crippen LogP contribution is 2.32. The minimum atomic E-state index is 0.0332. The molecule has 0 unspecified atom stereocenters. The number of benzene rings is 2. The van der Waals surface area contributed by atoms with E-state index in [9.17, 15) is 4.79 Å². The van der Waals surface area contributed by atoms with E-state index in [4.69, 9.17) is 21.1 Å². The molecule has 0 spiro atoms. The molecule has 3 aromatic rings. The smallest absolute Gasteiger partial charge is 0.191 e. The maximum atomic E-state index is 11.9. The number of ketones is 1. The van der Waals surface area contributed by atoms with Crippen molar-refractivity contribution in [2.75, 3.05) is 13.2 Å². The van der Waals surface area contributed by atoms with Crippen LogP contribution >= 0.6 is 23.4 Å². The molecule has 168 valence electrons. The molecule has 0 amide bonds. The van der Waals surface area contributed by atoms with Gasteiger partial charge in [-0.15, -0.1) is 10.2 Å². The second kappa shape index (κ2) is 10.5. The van der Waals surface area contributed by atoms with Crippen LogP contribution in [-0.4, -0.2) is 39.9 Å². The SMILES string of the molecule is CCOc1ccc(C(C)=O)cc1CSc1nnc(-c2ccc(Cl)cc2)n1C[C@@H]1CCCO1. The number of ether oxygens (including phenoxy) is 2. The van der Waals surface area contributed by atoms with Gasteiger partial charge in [-0.05, 0) is 69.2 Å². The van der Waals surface area contributed by atoms with Crippen LogP contribution in [0.15, 0.2) is 47.6 Å². The van der Waals surface area contributed by atoms with Gasteiger partial charge in [0, 0.05) is 34.1 Å². The average molecular weight is 472 g/mol. The lowest BCUT2D eigenvalue weighted by Crippen LogP contribution is -2.16. The number of nitrogens with zero attached hydrogens (tertiary/aromatic N) is 3. The maximum absolute atomic E-state index is 11.9. The van der Waals surface area contributed by atoms with Crippen LogP contribution in [0.4, 0.5) is 0 Å². The molecule has 8 heteroatoms. The predicted molar refractivity (Wildman–Crippen MR) is 127 cm³/mol. The van der Waals surface area contributed by atoms with Crippen molar-refractivity contribution in [3.8, 4) is 17.1 Å². The van der Waals surface area contributed by atoms with E-state index >= 15 is 0 Å². The lowest BCUT2D eigenvalue weighted by molar-refractivity contribution is 0.0953. The van der Waals surface area contributed by atoms with Crippen molar-refractivity contribution in [2.45, 2.75) is 50.2 Å². The lowest BCUT2D eigenvalue weighted by Gasteiger charge is -2.15. The minimum Gasteiger partial charge on any atom is -0.494 e. The summed E-state index contributed by atoms with van der Waals surface area (Å²) in [5.74, 6) is 2.22. The van der Waals surface area contributed by atoms with Gasteiger partial charge in [0.1, 0.15) is 5.75 Å². The first-order valence-electron chi connectivity index (χ1n) is 10.8. The number of hydrogen-bond acceptors (Lipinski definition) is 6. The van der Waals surface area contributed by atoms with Crippen molar-refractivity contribution in [2.24, 2.45) is 0 Å². The Labute approximate surface area is 197 Å². The summed E-state index contributed by atoms with van der Waals surface area (Å²) >= 11 is 7.65. The zero-order valence-electron chi connectivity index (χ0n) is 18.2. The molecule has 2 heterocycles. The van der Waals surface area contributed by atoms with Crippen LogP contribution in [-0.2, 0) is 17.0 Å². The van der Waals surface area contributed by atoms with Crippen molar-refractivity contribution in [1.29, 1.82) is 0 Å². The molecule has 0 radical (unpaired) electrons. The Morgan fingerprint density at radius 1 is 1.25 bits per heavy atom. The number of thioether (sulfide) groups is 1. The second-order valence-corrected chi connectivity index (χ2v) is 9.04. The molecule has 32 heavy (non-hydrogen) atoms. The predicted octanol–water partition coefficient (Wildman–Crippen LogP) is 5.67. The van der Waals surface area contributed by atoms with Crippen LogP contribution in [0.5, 0.6) is 5.75 Å². The fourth-order valence-corrected chi connectivity index (χ4v) is 4.77. The molecule has 0 N–H and O–H groups in total. The van der Waals surface area contributed by atoms with Crippen LogP contribution in [0, 0.1) is 0 Å². The van der Waals surface area contributed by atoms with Gasteiger partial charge in [0.05, 0.1) is 19.3 Å². The molecule has 0 bridgehead atoms. The van der Waals surface area contributed by atoms with Crippen molar-refractivity contribution in [3.05, 3.63) is 58.6 Å². The summed E-state index contributed by atoms with van der Waals surface area (Å²) in [5.41, 5.74) is 2.59. The molecule has 1 aromatic heterocycles. The molecular weight excluding hydrogens is 446 g/mol. The van der Waals surface area contributed by atoms with Gasteiger partial charge in [0.15, 0.2) is 16.8 Å². The lowest BCUT2D eigenvalue weighted by atomic mass is 10.1. The quantitative estimate of drug-likeness (QED) is 0.296. The minimum absolute atomic E-state index is 0.0332. The summed E-state index contributed by atoms with van der Waals surface area (Å²) in [7, 11) is 0. The Bertz CT molecular complexity index is 1080. The van der Waals surface area contributed by atoms with E-state index in [2.05, 4.69) is 14.8 Å². The Morgan fingerprint density at radius 3 is 2.75 bits per heavy atom. The van der Waals surface area contributed by atoms with Gasteiger partial charge < -0.3 is 9.47 Å².